The van der Waals surface area contributed by atoms with Crippen LogP contribution in [-0.4, -0.2) is 44.8 Å². The first kappa shape index (κ1) is 23.8. The lowest BCUT2D eigenvalue weighted by molar-refractivity contribution is -0.136. The Bertz CT molecular complexity index is 1240. The molecule has 0 aliphatic carbocycles. The summed E-state index contributed by atoms with van der Waals surface area (Å²) in [5, 5.41) is 4.57. The summed E-state index contributed by atoms with van der Waals surface area (Å²) in [7, 11) is -2.05. The van der Waals surface area contributed by atoms with Gasteiger partial charge >= 0.3 is 0 Å². The summed E-state index contributed by atoms with van der Waals surface area (Å²) in [5.74, 6) is 0.342. The summed E-state index contributed by atoms with van der Waals surface area (Å²) in [6.07, 6.45) is 1.50. The third-order valence-electron chi connectivity index (χ3n) is 5.55. The molecule has 0 spiro atoms. The first-order chi connectivity index (χ1) is 16.4. The van der Waals surface area contributed by atoms with E-state index in [2.05, 4.69) is 10.0 Å². The Hall–Kier alpha value is -3.37. The van der Waals surface area contributed by atoms with Crippen molar-refractivity contribution in [2.24, 2.45) is 0 Å². The fraction of sp³-hybridized carbons (Fsp3) is 0.250. The van der Waals surface area contributed by atoms with Gasteiger partial charge in [0.25, 0.3) is 10.0 Å². The second kappa shape index (κ2) is 10.3. The molecule has 10 heteroatoms. The highest BCUT2D eigenvalue weighted by Gasteiger charge is 2.34. The van der Waals surface area contributed by atoms with E-state index in [0.29, 0.717) is 30.1 Å². The van der Waals surface area contributed by atoms with Gasteiger partial charge in [0.15, 0.2) is 0 Å². The number of carbonyl (C=O) groups excluding carboxylic acids is 2. The van der Waals surface area contributed by atoms with Crippen LogP contribution in [0.4, 0.5) is 11.4 Å². The number of likely N-dealkylation sites (tertiary alicyclic amines) is 1. The molecule has 1 aliphatic heterocycles. The van der Waals surface area contributed by atoms with Crippen molar-refractivity contribution < 1.29 is 22.7 Å². The Balaban J connectivity index is 1.36. The number of nitrogens with zero attached hydrogens (tertiary/aromatic N) is 1. The van der Waals surface area contributed by atoms with E-state index < -0.39 is 16.1 Å². The number of rotatable bonds is 8. The number of thiophene rings is 1. The van der Waals surface area contributed by atoms with Gasteiger partial charge in [-0.15, -0.1) is 11.3 Å². The molecule has 0 bridgehead atoms. The van der Waals surface area contributed by atoms with Gasteiger partial charge in [0.05, 0.1) is 13.5 Å². The van der Waals surface area contributed by atoms with Crippen molar-refractivity contribution in [3.8, 4) is 5.75 Å². The van der Waals surface area contributed by atoms with Gasteiger partial charge in [-0.25, -0.2) is 8.42 Å². The van der Waals surface area contributed by atoms with Crippen LogP contribution in [0.5, 0.6) is 5.75 Å². The Morgan fingerprint density at radius 3 is 2.41 bits per heavy atom. The first-order valence-electron chi connectivity index (χ1n) is 10.8. The minimum atomic E-state index is -3.62. The molecule has 1 unspecified atom stereocenters. The molecule has 0 saturated carbocycles. The summed E-state index contributed by atoms with van der Waals surface area (Å²) < 4.78 is 32.6. The molecule has 1 aliphatic rings. The highest BCUT2D eigenvalue weighted by molar-refractivity contribution is 7.94. The Morgan fingerprint density at radius 1 is 1.06 bits per heavy atom. The maximum atomic E-state index is 13.0. The lowest BCUT2D eigenvalue weighted by atomic mass is 10.1. The highest BCUT2D eigenvalue weighted by atomic mass is 32.2. The van der Waals surface area contributed by atoms with Crippen LogP contribution in [0.3, 0.4) is 0 Å². The second-order valence-corrected chi connectivity index (χ2v) is 10.7. The van der Waals surface area contributed by atoms with Crippen LogP contribution in [0.2, 0.25) is 0 Å². The van der Waals surface area contributed by atoms with Gasteiger partial charge in [-0.3, -0.25) is 14.3 Å². The van der Waals surface area contributed by atoms with Gasteiger partial charge in [-0.2, -0.15) is 0 Å². The molecule has 1 saturated heterocycles. The number of hydrogen-bond acceptors (Lipinski definition) is 6. The molecule has 2 amide bonds. The van der Waals surface area contributed by atoms with E-state index in [0.717, 1.165) is 23.3 Å². The number of methoxy groups -OCH3 is 1. The first-order valence-corrected chi connectivity index (χ1v) is 13.1. The van der Waals surface area contributed by atoms with E-state index in [1.54, 1.807) is 72.0 Å². The largest absolute Gasteiger partial charge is 0.497 e. The molecule has 1 atom stereocenters. The van der Waals surface area contributed by atoms with Crippen LogP contribution < -0.4 is 14.8 Å². The summed E-state index contributed by atoms with van der Waals surface area (Å²) in [6.45, 7) is 0.526. The zero-order chi connectivity index (χ0) is 24.1. The highest BCUT2D eigenvalue weighted by Crippen LogP contribution is 2.23. The van der Waals surface area contributed by atoms with E-state index in [9.17, 15) is 18.0 Å². The quantitative estimate of drug-likeness (QED) is 0.491. The molecule has 2 heterocycles. The third-order valence-corrected chi connectivity index (χ3v) is 8.33. The third kappa shape index (κ3) is 5.57. The van der Waals surface area contributed by atoms with E-state index in [4.69, 9.17) is 4.74 Å². The van der Waals surface area contributed by atoms with Crippen LogP contribution in [-0.2, 0) is 26.0 Å². The van der Waals surface area contributed by atoms with Gasteiger partial charge in [0.2, 0.25) is 11.8 Å². The van der Waals surface area contributed by atoms with E-state index in [-0.39, 0.29) is 22.4 Å². The van der Waals surface area contributed by atoms with E-state index in [1.165, 1.54) is 6.07 Å². The molecule has 8 nitrogen and oxygen atoms in total. The van der Waals surface area contributed by atoms with Crippen molar-refractivity contribution in [2.75, 3.05) is 23.7 Å². The number of ether oxygens (including phenoxy) is 1. The molecule has 1 aromatic heterocycles. The summed E-state index contributed by atoms with van der Waals surface area (Å²) in [4.78, 5) is 27.4. The predicted molar refractivity (Wildman–Crippen MR) is 132 cm³/mol. The average molecular weight is 500 g/mol. The number of hydrogen-bond donors (Lipinski definition) is 2. The molecule has 2 N–H and O–H groups in total. The monoisotopic (exact) mass is 499 g/mol. The van der Waals surface area contributed by atoms with E-state index >= 15 is 0 Å². The fourth-order valence-electron chi connectivity index (χ4n) is 3.83. The molecular formula is C24H25N3O5S2. The van der Waals surface area contributed by atoms with Gasteiger partial charge in [-0.05, 0) is 66.2 Å². The standard InChI is InChI=1S/C24H25N3O5S2/c1-32-20-12-10-18(11-13-20)25-24(29)21-4-2-14-27(21)22(28)16-17-6-8-19(9-7-17)26-34(30,31)23-5-3-15-33-23/h3,5-13,15,21,26H,2,4,14,16H2,1H3,(H,25,29). The molecule has 2 aromatic carbocycles. The SMILES string of the molecule is COc1ccc(NC(=O)C2CCCN2C(=O)Cc2ccc(NS(=O)(=O)c3cccs3)cc2)cc1. The van der Waals surface area contributed by atoms with Crippen molar-refractivity contribution in [1.82, 2.24) is 4.90 Å². The molecule has 4 rings (SSSR count). The molecule has 1 fully saturated rings. The van der Waals surface area contributed by atoms with Crippen LogP contribution in [0.15, 0.2) is 70.3 Å². The van der Waals surface area contributed by atoms with Gasteiger partial charge in [0, 0.05) is 17.9 Å². The topological polar surface area (TPSA) is 105 Å². The maximum absolute atomic E-state index is 13.0. The minimum absolute atomic E-state index is 0.129. The van der Waals surface area contributed by atoms with Gasteiger partial charge in [-0.1, -0.05) is 18.2 Å². The van der Waals surface area contributed by atoms with Crippen molar-refractivity contribution in [1.29, 1.82) is 0 Å². The molecule has 0 radical (unpaired) electrons. The zero-order valence-electron chi connectivity index (χ0n) is 18.6. The molecule has 34 heavy (non-hydrogen) atoms. The van der Waals surface area contributed by atoms with Crippen molar-refractivity contribution in [3.63, 3.8) is 0 Å². The Kier molecular flexibility index (Phi) is 7.18. The zero-order valence-corrected chi connectivity index (χ0v) is 20.2. The number of benzene rings is 2. The van der Waals surface area contributed by atoms with Crippen molar-refractivity contribution in [3.05, 3.63) is 71.6 Å². The van der Waals surface area contributed by atoms with Gasteiger partial charge < -0.3 is 15.0 Å². The minimum Gasteiger partial charge on any atom is -0.497 e. The number of amides is 2. The number of nitrogens with one attached hydrogen (secondary N) is 2. The summed E-state index contributed by atoms with van der Waals surface area (Å²) >= 11 is 1.14. The Labute approximate surface area is 202 Å². The second-order valence-electron chi connectivity index (χ2n) is 7.87. The molecular weight excluding hydrogens is 474 g/mol. The van der Waals surface area contributed by atoms with Crippen molar-refractivity contribution >= 4 is 44.5 Å². The fourth-order valence-corrected chi connectivity index (χ4v) is 5.88. The van der Waals surface area contributed by atoms with Crippen LogP contribution >= 0.6 is 11.3 Å². The molecule has 178 valence electrons. The predicted octanol–water partition coefficient (Wildman–Crippen LogP) is 3.73. The van der Waals surface area contributed by atoms with Crippen LogP contribution in [0.25, 0.3) is 0 Å². The average Bonchev–Trinajstić information content (AvgIpc) is 3.54. The normalized spacial score (nSPS) is 15.7. The van der Waals surface area contributed by atoms with Gasteiger partial charge in [0.1, 0.15) is 16.0 Å². The summed E-state index contributed by atoms with van der Waals surface area (Å²) in [5.41, 5.74) is 1.80. The number of anilines is 2. The molecule has 3 aromatic rings. The van der Waals surface area contributed by atoms with E-state index in [1.807, 2.05) is 0 Å². The van der Waals surface area contributed by atoms with Crippen LogP contribution in [0, 0.1) is 0 Å². The Morgan fingerprint density at radius 2 is 1.76 bits per heavy atom. The summed E-state index contributed by atoms with van der Waals surface area (Å²) in [6, 6.07) is 16.4. The lowest BCUT2D eigenvalue weighted by Gasteiger charge is -2.24. The smallest absolute Gasteiger partial charge is 0.271 e. The van der Waals surface area contributed by atoms with Crippen LogP contribution in [0.1, 0.15) is 18.4 Å². The van der Waals surface area contributed by atoms with Crippen molar-refractivity contribution in [2.45, 2.75) is 29.5 Å². The lowest BCUT2D eigenvalue weighted by Crippen LogP contribution is -2.43. The number of carbonyl (C=O) groups is 2. The number of sulfonamides is 1. The maximum Gasteiger partial charge on any atom is 0.271 e.